The Hall–Kier alpha value is -1.04. The molecule has 0 aliphatic carbocycles. The molecule has 1 saturated heterocycles. The molecular formula is C15H25ClN2O3. The van der Waals surface area contributed by atoms with Gasteiger partial charge in [-0.3, -0.25) is 4.90 Å². The normalized spacial score (nSPS) is 19.1. The summed E-state index contributed by atoms with van der Waals surface area (Å²) in [5, 5.41) is 0. The molecule has 1 aliphatic rings. The van der Waals surface area contributed by atoms with Crippen molar-refractivity contribution in [2.45, 2.75) is 45.2 Å². The number of hydrogen-bond donors (Lipinski definition) is 1. The number of aryl methyl sites for hydroxylation is 1. The van der Waals surface area contributed by atoms with Crippen LogP contribution in [-0.4, -0.2) is 37.1 Å². The third kappa shape index (κ3) is 4.46. The Kier molecular flexibility index (Phi) is 7.22. The van der Waals surface area contributed by atoms with Crippen molar-refractivity contribution in [1.82, 2.24) is 4.90 Å². The van der Waals surface area contributed by atoms with Gasteiger partial charge in [-0.1, -0.05) is 6.42 Å². The maximum atomic E-state index is 11.6. The number of piperidine rings is 1. The van der Waals surface area contributed by atoms with Crippen LogP contribution in [0.4, 0.5) is 0 Å². The van der Waals surface area contributed by atoms with Crippen LogP contribution in [0.5, 0.6) is 0 Å². The van der Waals surface area contributed by atoms with Gasteiger partial charge >= 0.3 is 5.97 Å². The van der Waals surface area contributed by atoms with Gasteiger partial charge in [0.1, 0.15) is 17.1 Å². The average Bonchev–Trinajstić information content (AvgIpc) is 2.81. The van der Waals surface area contributed by atoms with Gasteiger partial charge in [-0.25, -0.2) is 4.79 Å². The molecule has 1 unspecified atom stereocenters. The Morgan fingerprint density at radius 2 is 2.29 bits per heavy atom. The monoisotopic (exact) mass is 316 g/mol. The first-order valence-corrected chi connectivity index (χ1v) is 7.27. The smallest absolute Gasteiger partial charge is 0.341 e. The molecule has 1 aliphatic heterocycles. The van der Waals surface area contributed by atoms with E-state index in [2.05, 4.69) is 4.90 Å². The van der Waals surface area contributed by atoms with Crippen LogP contribution in [0.3, 0.4) is 0 Å². The quantitative estimate of drug-likeness (QED) is 0.845. The van der Waals surface area contributed by atoms with Crippen LogP contribution in [-0.2, 0) is 11.3 Å². The number of carbonyl (C=O) groups excluding carboxylic acids is 1. The number of esters is 1. The van der Waals surface area contributed by atoms with Crippen LogP contribution in [0, 0.1) is 6.92 Å². The molecule has 1 aromatic rings. The lowest BCUT2D eigenvalue weighted by Gasteiger charge is -2.34. The van der Waals surface area contributed by atoms with Crippen molar-refractivity contribution in [2.24, 2.45) is 5.73 Å². The zero-order valence-electron chi connectivity index (χ0n) is 12.8. The standard InChI is InChI=1S/C15H24N2O3.ClH/c1-11-14(15(18)19-2)9-13(20-11)10-17-8-4-3-5-12(17)6-7-16;/h9,12H,3-8,10,16H2,1-2H3;1H. The zero-order chi connectivity index (χ0) is 14.5. The first-order valence-electron chi connectivity index (χ1n) is 7.27. The summed E-state index contributed by atoms with van der Waals surface area (Å²) in [4.78, 5) is 14.0. The van der Waals surface area contributed by atoms with E-state index in [1.54, 1.807) is 13.0 Å². The molecule has 1 aromatic heterocycles. The summed E-state index contributed by atoms with van der Waals surface area (Å²) in [7, 11) is 1.39. The van der Waals surface area contributed by atoms with E-state index in [9.17, 15) is 4.79 Å². The molecule has 2 rings (SSSR count). The lowest BCUT2D eigenvalue weighted by molar-refractivity contribution is 0.0599. The summed E-state index contributed by atoms with van der Waals surface area (Å²) in [6.45, 7) is 4.32. The van der Waals surface area contributed by atoms with Gasteiger partial charge in [-0.05, 0) is 45.3 Å². The van der Waals surface area contributed by atoms with E-state index in [1.807, 2.05) is 0 Å². The molecule has 0 saturated carbocycles. The number of rotatable bonds is 5. The van der Waals surface area contributed by atoms with E-state index in [0.717, 1.165) is 25.3 Å². The number of likely N-dealkylation sites (tertiary alicyclic amines) is 1. The molecule has 0 radical (unpaired) electrons. The fourth-order valence-corrected chi connectivity index (χ4v) is 2.92. The highest BCUT2D eigenvalue weighted by molar-refractivity contribution is 5.90. The van der Waals surface area contributed by atoms with Crippen molar-refractivity contribution in [3.63, 3.8) is 0 Å². The van der Waals surface area contributed by atoms with Gasteiger partial charge in [-0.2, -0.15) is 0 Å². The van der Waals surface area contributed by atoms with Crippen molar-refractivity contribution in [1.29, 1.82) is 0 Å². The SMILES string of the molecule is COC(=O)c1cc(CN2CCCCC2CCN)oc1C.Cl. The summed E-state index contributed by atoms with van der Waals surface area (Å²) < 4.78 is 10.4. The second kappa shape index (κ2) is 8.41. The summed E-state index contributed by atoms with van der Waals surface area (Å²) in [5.41, 5.74) is 6.21. The Morgan fingerprint density at radius 3 is 2.95 bits per heavy atom. The first-order chi connectivity index (χ1) is 9.65. The molecular weight excluding hydrogens is 292 g/mol. The average molecular weight is 317 g/mol. The highest BCUT2D eigenvalue weighted by atomic mass is 35.5. The molecule has 21 heavy (non-hydrogen) atoms. The number of methoxy groups -OCH3 is 1. The minimum absolute atomic E-state index is 0. The highest BCUT2D eigenvalue weighted by Gasteiger charge is 2.24. The predicted molar refractivity (Wildman–Crippen MR) is 83.8 cm³/mol. The van der Waals surface area contributed by atoms with Crippen LogP contribution in [0.25, 0.3) is 0 Å². The Labute approximate surface area is 132 Å². The zero-order valence-corrected chi connectivity index (χ0v) is 13.6. The van der Waals surface area contributed by atoms with Gasteiger partial charge in [-0.15, -0.1) is 12.4 Å². The second-order valence-electron chi connectivity index (χ2n) is 5.37. The van der Waals surface area contributed by atoms with Crippen LogP contribution < -0.4 is 5.73 Å². The van der Waals surface area contributed by atoms with E-state index < -0.39 is 0 Å². The van der Waals surface area contributed by atoms with E-state index in [-0.39, 0.29) is 18.4 Å². The summed E-state index contributed by atoms with van der Waals surface area (Å²) >= 11 is 0. The van der Waals surface area contributed by atoms with Crippen LogP contribution >= 0.6 is 12.4 Å². The topological polar surface area (TPSA) is 68.7 Å². The Bertz CT molecular complexity index is 460. The number of hydrogen-bond acceptors (Lipinski definition) is 5. The summed E-state index contributed by atoms with van der Waals surface area (Å²) in [6, 6.07) is 2.33. The number of furan rings is 1. The summed E-state index contributed by atoms with van der Waals surface area (Å²) in [6.07, 6.45) is 4.70. The fraction of sp³-hybridized carbons (Fsp3) is 0.667. The van der Waals surface area contributed by atoms with E-state index in [4.69, 9.17) is 14.9 Å². The molecule has 6 heteroatoms. The molecule has 2 N–H and O–H groups in total. The van der Waals surface area contributed by atoms with Crippen molar-refractivity contribution >= 4 is 18.4 Å². The fourth-order valence-electron chi connectivity index (χ4n) is 2.92. The number of ether oxygens (including phenoxy) is 1. The molecule has 120 valence electrons. The maximum absolute atomic E-state index is 11.6. The van der Waals surface area contributed by atoms with E-state index in [0.29, 0.717) is 23.9 Å². The maximum Gasteiger partial charge on any atom is 0.341 e. The number of nitrogens with two attached hydrogens (primary N) is 1. The second-order valence-corrected chi connectivity index (χ2v) is 5.37. The van der Waals surface area contributed by atoms with Gasteiger partial charge in [0.2, 0.25) is 0 Å². The molecule has 0 spiro atoms. The van der Waals surface area contributed by atoms with Gasteiger partial charge in [0.15, 0.2) is 0 Å². The van der Waals surface area contributed by atoms with Crippen molar-refractivity contribution in [3.8, 4) is 0 Å². The number of nitrogens with zero attached hydrogens (tertiary/aromatic N) is 1. The van der Waals surface area contributed by atoms with Crippen LogP contribution in [0.2, 0.25) is 0 Å². The third-order valence-electron chi connectivity index (χ3n) is 3.98. The Balaban J connectivity index is 0.00000220. The lowest BCUT2D eigenvalue weighted by atomic mass is 9.99. The van der Waals surface area contributed by atoms with Gasteiger partial charge in [0, 0.05) is 6.04 Å². The highest BCUT2D eigenvalue weighted by Crippen LogP contribution is 2.24. The molecule has 0 bridgehead atoms. The molecule has 1 fully saturated rings. The van der Waals surface area contributed by atoms with Crippen LogP contribution in [0.15, 0.2) is 10.5 Å². The van der Waals surface area contributed by atoms with Crippen molar-refractivity contribution in [2.75, 3.05) is 20.2 Å². The molecule has 5 nitrogen and oxygen atoms in total. The van der Waals surface area contributed by atoms with E-state index in [1.165, 1.54) is 26.4 Å². The van der Waals surface area contributed by atoms with Crippen molar-refractivity contribution < 1.29 is 13.9 Å². The molecule has 0 aromatic carbocycles. The number of carbonyl (C=O) groups is 1. The van der Waals surface area contributed by atoms with Crippen LogP contribution in [0.1, 0.15) is 47.6 Å². The largest absolute Gasteiger partial charge is 0.465 e. The minimum Gasteiger partial charge on any atom is -0.465 e. The minimum atomic E-state index is -0.338. The van der Waals surface area contributed by atoms with E-state index >= 15 is 0 Å². The molecule has 2 heterocycles. The number of halogens is 1. The Morgan fingerprint density at radius 1 is 1.52 bits per heavy atom. The van der Waals surface area contributed by atoms with Crippen molar-refractivity contribution in [3.05, 3.63) is 23.2 Å². The molecule has 0 amide bonds. The summed E-state index contributed by atoms with van der Waals surface area (Å²) in [5.74, 6) is 1.11. The van der Waals surface area contributed by atoms with Gasteiger partial charge in [0.05, 0.1) is 13.7 Å². The first kappa shape index (κ1) is 18.0. The van der Waals surface area contributed by atoms with Gasteiger partial charge in [0.25, 0.3) is 0 Å². The van der Waals surface area contributed by atoms with Gasteiger partial charge < -0.3 is 14.9 Å². The third-order valence-corrected chi connectivity index (χ3v) is 3.98. The molecule has 1 atom stereocenters. The predicted octanol–water partition coefficient (Wildman–Crippen LogP) is 2.50. The lowest BCUT2D eigenvalue weighted by Crippen LogP contribution is -2.40.